The summed E-state index contributed by atoms with van der Waals surface area (Å²) in [6.07, 6.45) is 0.773. The molecule has 1 saturated carbocycles. The van der Waals surface area contributed by atoms with E-state index < -0.39 is 6.10 Å². The van der Waals surface area contributed by atoms with Crippen LogP contribution in [-0.2, 0) is 9.53 Å². The lowest BCUT2D eigenvalue weighted by Crippen LogP contribution is -2.52. The third-order valence-electron chi connectivity index (χ3n) is 2.66. The largest absolute Gasteiger partial charge is 0.487 e. The van der Waals surface area contributed by atoms with Crippen molar-refractivity contribution in [3.05, 3.63) is 29.3 Å². The molecule has 0 bridgehead atoms. The summed E-state index contributed by atoms with van der Waals surface area (Å²) < 4.78 is 11.1. The number of benzene rings is 1. The molecule has 0 radical (unpaired) electrons. The number of carbonyl (C=O) groups is 1. The van der Waals surface area contributed by atoms with Crippen molar-refractivity contribution in [3.63, 3.8) is 0 Å². The molecule has 2 atom stereocenters. The van der Waals surface area contributed by atoms with Gasteiger partial charge in [-0.15, -0.1) is 0 Å². The highest BCUT2D eigenvalue weighted by molar-refractivity contribution is 6.30. The first-order chi connectivity index (χ1) is 8.20. The van der Waals surface area contributed by atoms with Gasteiger partial charge in [0.05, 0.1) is 0 Å². The Morgan fingerprint density at radius 3 is 2.65 bits per heavy atom. The first-order valence-electron chi connectivity index (χ1n) is 5.77. The number of ketones is 1. The van der Waals surface area contributed by atoms with Gasteiger partial charge in [0, 0.05) is 18.1 Å². The Labute approximate surface area is 106 Å². The number of hydrogen-bond donors (Lipinski definition) is 0. The molecule has 4 heteroatoms. The topological polar surface area (TPSA) is 35.5 Å². The summed E-state index contributed by atoms with van der Waals surface area (Å²) in [5.74, 6) is 0.842. The summed E-state index contributed by atoms with van der Waals surface area (Å²) in [7, 11) is 0. The normalized spacial score (nSPS) is 23.3. The van der Waals surface area contributed by atoms with Gasteiger partial charge in [0.1, 0.15) is 11.9 Å². The molecule has 0 amide bonds. The molecular weight excluding hydrogens is 240 g/mol. The number of hydrogen-bond acceptors (Lipinski definition) is 3. The molecule has 0 aromatic heterocycles. The lowest BCUT2D eigenvalue weighted by atomic mass is 9.90. The molecule has 0 N–H and O–H groups in total. The van der Waals surface area contributed by atoms with E-state index in [9.17, 15) is 4.79 Å². The number of ether oxygens (including phenoxy) is 2. The quantitative estimate of drug-likeness (QED) is 0.811. The summed E-state index contributed by atoms with van der Waals surface area (Å²) in [4.78, 5) is 11.4. The average molecular weight is 255 g/mol. The highest BCUT2D eigenvalue weighted by Crippen LogP contribution is 2.26. The molecule has 2 rings (SSSR count). The van der Waals surface area contributed by atoms with E-state index in [1.54, 1.807) is 24.3 Å². The van der Waals surface area contributed by atoms with Crippen molar-refractivity contribution in [2.24, 2.45) is 0 Å². The van der Waals surface area contributed by atoms with Crippen LogP contribution in [0.4, 0.5) is 0 Å². The van der Waals surface area contributed by atoms with Crippen LogP contribution in [0, 0.1) is 0 Å². The average Bonchev–Trinajstić information content (AvgIpc) is 2.31. The van der Waals surface area contributed by atoms with Gasteiger partial charge in [-0.3, -0.25) is 4.79 Å². The fourth-order valence-electron chi connectivity index (χ4n) is 1.70. The van der Waals surface area contributed by atoms with Crippen LogP contribution in [-0.4, -0.2) is 24.6 Å². The lowest BCUT2D eigenvalue weighted by Gasteiger charge is -2.34. The molecule has 1 aliphatic carbocycles. The summed E-state index contributed by atoms with van der Waals surface area (Å²) in [5, 5.41) is 0.667. The van der Waals surface area contributed by atoms with E-state index in [-0.39, 0.29) is 11.9 Å². The second-order valence-electron chi connectivity index (χ2n) is 4.07. The van der Waals surface area contributed by atoms with E-state index in [1.807, 2.05) is 6.92 Å². The van der Waals surface area contributed by atoms with Gasteiger partial charge in [-0.05, 0) is 30.7 Å². The third-order valence-corrected chi connectivity index (χ3v) is 2.91. The molecule has 0 aliphatic heterocycles. The van der Waals surface area contributed by atoms with E-state index >= 15 is 0 Å². The number of carbonyl (C=O) groups excluding carboxylic acids is 1. The summed E-state index contributed by atoms with van der Waals surface area (Å²) in [6.45, 7) is 2.61. The van der Waals surface area contributed by atoms with Gasteiger partial charge < -0.3 is 9.47 Å². The van der Waals surface area contributed by atoms with Crippen molar-refractivity contribution in [2.75, 3.05) is 6.61 Å². The molecule has 1 aliphatic rings. The molecular formula is C13H15ClO3. The number of Topliss-reactive ketones (excluding diaryl/α,β-unsaturated/α-hetero) is 1. The first-order valence-corrected chi connectivity index (χ1v) is 6.15. The molecule has 0 heterocycles. The van der Waals surface area contributed by atoms with Gasteiger partial charge in [0.25, 0.3) is 0 Å². The van der Waals surface area contributed by atoms with Crippen molar-refractivity contribution >= 4 is 17.4 Å². The van der Waals surface area contributed by atoms with Crippen molar-refractivity contribution in [1.82, 2.24) is 0 Å². The minimum atomic E-state index is -0.398. The van der Waals surface area contributed by atoms with E-state index in [0.29, 0.717) is 18.1 Å². The Hall–Kier alpha value is -1.06. The second kappa shape index (κ2) is 5.52. The predicted octanol–water partition coefficient (Wildman–Crippen LogP) is 2.86. The minimum Gasteiger partial charge on any atom is -0.487 e. The molecule has 0 saturated heterocycles. The Balaban J connectivity index is 1.90. The maximum Gasteiger partial charge on any atom is 0.169 e. The van der Waals surface area contributed by atoms with Crippen molar-refractivity contribution in [2.45, 2.75) is 32.0 Å². The highest BCUT2D eigenvalue weighted by Gasteiger charge is 2.42. The molecule has 3 nitrogen and oxygen atoms in total. The fraction of sp³-hybridized carbons (Fsp3) is 0.462. The molecule has 2 unspecified atom stereocenters. The zero-order valence-electron chi connectivity index (χ0n) is 9.69. The van der Waals surface area contributed by atoms with Crippen LogP contribution in [0.2, 0.25) is 5.02 Å². The van der Waals surface area contributed by atoms with E-state index in [2.05, 4.69) is 0 Å². The van der Waals surface area contributed by atoms with Gasteiger partial charge in [0.15, 0.2) is 11.9 Å². The number of rotatable bonds is 5. The second-order valence-corrected chi connectivity index (χ2v) is 4.51. The highest BCUT2D eigenvalue weighted by atomic mass is 35.5. The number of halogens is 1. The predicted molar refractivity (Wildman–Crippen MR) is 65.5 cm³/mol. The lowest BCUT2D eigenvalue weighted by molar-refractivity contribution is -0.154. The first kappa shape index (κ1) is 12.4. The SMILES string of the molecule is CCCOC1C(=O)CC1Oc1ccc(Cl)cc1. The Morgan fingerprint density at radius 1 is 1.35 bits per heavy atom. The van der Waals surface area contributed by atoms with Crippen LogP contribution >= 0.6 is 11.6 Å². The summed E-state index contributed by atoms with van der Waals surface area (Å²) >= 11 is 5.78. The molecule has 17 heavy (non-hydrogen) atoms. The van der Waals surface area contributed by atoms with Gasteiger partial charge >= 0.3 is 0 Å². The van der Waals surface area contributed by atoms with Gasteiger partial charge in [-0.1, -0.05) is 18.5 Å². The molecule has 1 aromatic rings. The van der Waals surface area contributed by atoms with Crippen molar-refractivity contribution in [1.29, 1.82) is 0 Å². The maximum atomic E-state index is 11.4. The van der Waals surface area contributed by atoms with Gasteiger partial charge in [0.2, 0.25) is 0 Å². The molecule has 92 valence electrons. The fourth-order valence-corrected chi connectivity index (χ4v) is 1.83. The molecule has 0 spiro atoms. The Morgan fingerprint density at radius 2 is 2.06 bits per heavy atom. The standard InChI is InChI=1S/C13H15ClO3/c1-2-7-16-13-11(15)8-12(13)17-10-5-3-9(14)4-6-10/h3-6,12-13H,2,7-8H2,1H3. The zero-order valence-corrected chi connectivity index (χ0v) is 10.4. The van der Waals surface area contributed by atoms with E-state index in [0.717, 1.165) is 12.2 Å². The monoisotopic (exact) mass is 254 g/mol. The Kier molecular flexibility index (Phi) is 4.02. The molecule has 1 fully saturated rings. The van der Waals surface area contributed by atoms with Crippen molar-refractivity contribution < 1.29 is 14.3 Å². The summed E-state index contributed by atoms with van der Waals surface area (Å²) in [5.41, 5.74) is 0. The van der Waals surface area contributed by atoms with Gasteiger partial charge in [-0.25, -0.2) is 0 Å². The zero-order chi connectivity index (χ0) is 12.3. The van der Waals surface area contributed by atoms with Crippen LogP contribution in [0.15, 0.2) is 24.3 Å². The van der Waals surface area contributed by atoms with Crippen molar-refractivity contribution in [3.8, 4) is 5.75 Å². The molecule has 1 aromatic carbocycles. The van der Waals surface area contributed by atoms with E-state index in [1.165, 1.54) is 0 Å². The van der Waals surface area contributed by atoms with Crippen LogP contribution in [0.5, 0.6) is 5.75 Å². The summed E-state index contributed by atoms with van der Waals surface area (Å²) in [6, 6.07) is 7.11. The van der Waals surface area contributed by atoms with Crippen LogP contribution in [0.25, 0.3) is 0 Å². The third kappa shape index (κ3) is 2.99. The van der Waals surface area contributed by atoms with Crippen LogP contribution in [0.3, 0.4) is 0 Å². The maximum absolute atomic E-state index is 11.4. The van der Waals surface area contributed by atoms with Gasteiger partial charge in [-0.2, -0.15) is 0 Å². The van der Waals surface area contributed by atoms with Crippen LogP contribution in [0.1, 0.15) is 19.8 Å². The Bertz CT molecular complexity index is 388. The van der Waals surface area contributed by atoms with E-state index in [4.69, 9.17) is 21.1 Å². The van der Waals surface area contributed by atoms with Crippen LogP contribution < -0.4 is 4.74 Å². The minimum absolute atomic E-state index is 0.123. The smallest absolute Gasteiger partial charge is 0.169 e.